The summed E-state index contributed by atoms with van der Waals surface area (Å²) in [5.74, 6) is 1.05. The molecule has 140 valence electrons. The first-order valence-electron chi connectivity index (χ1n) is 8.47. The third-order valence-electron chi connectivity index (χ3n) is 4.03. The van der Waals surface area contributed by atoms with Gasteiger partial charge in [0.1, 0.15) is 5.82 Å². The van der Waals surface area contributed by atoms with Gasteiger partial charge in [0, 0.05) is 52.6 Å². The van der Waals surface area contributed by atoms with Crippen LogP contribution in [0.5, 0.6) is 0 Å². The molecule has 2 heterocycles. The lowest BCUT2D eigenvalue weighted by Crippen LogP contribution is -2.43. The first-order valence-corrected chi connectivity index (χ1v) is 10.8. The van der Waals surface area contributed by atoms with Crippen molar-refractivity contribution < 1.29 is 8.95 Å². The van der Waals surface area contributed by atoms with Crippen LogP contribution in [0.3, 0.4) is 0 Å². The average molecular weight is 375 g/mol. The van der Waals surface area contributed by atoms with Gasteiger partial charge in [0.2, 0.25) is 0 Å². The molecule has 3 rings (SSSR count). The summed E-state index contributed by atoms with van der Waals surface area (Å²) in [4.78, 5) is 6.75. The molecular formula is C18H25N5O2S. The number of morpholine rings is 1. The van der Waals surface area contributed by atoms with Crippen molar-refractivity contribution in [2.45, 2.75) is 13.0 Å². The molecule has 1 fully saturated rings. The molecule has 1 aliphatic rings. The second-order valence-electron chi connectivity index (χ2n) is 6.67. The summed E-state index contributed by atoms with van der Waals surface area (Å²) in [6, 6.07) is 11.6. The molecule has 0 spiro atoms. The molecule has 1 aromatic heterocycles. The molecule has 0 saturated carbocycles. The quantitative estimate of drug-likeness (QED) is 0.798. The van der Waals surface area contributed by atoms with E-state index in [1.165, 1.54) is 0 Å². The number of aromatic nitrogens is 1. The van der Waals surface area contributed by atoms with Gasteiger partial charge in [-0.1, -0.05) is 12.1 Å². The summed E-state index contributed by atoms with van der Waals surface area (Å²) in [5.41, 5.74) is 8.39. The number of hydrogen-bond donors (Lipinski definition) is 2. The number of pyridine rings is 1. The summed E-state index contributed by atoms with van der Waals surface area (Å²) in [6.45, 7) is 4.24. The van der Waals surface area contributed by atoms with Crippen molar-refractivity contribution in [3.8, 4) is 0 Å². The lowest BCUT2D eigenvalue weighted by molar-refractivity contribution is 0.0989. The van der Waals surface area contributed by atoms with Crippen molar-refractivity contribution in [2.75, 3.05) is 48.2 Å². The van der Waals surface area contributed by atoms with Gasteiger partial charge in [-0.15, -0.1) is 0 Å². The van der Waals surface area contributed by atoms with Gasteiger partial charge < -0.3 is 20.7 Å². The van der Waals surface area contributed by atoms with Crippen molar-refractivity contribution in [1.82, 2.24) is 4.98 Å². The van der Waals surface area contributed by atoms with Crippen LogP contribution >= 0.6 is 0 Å². The van der Waals surface area contributed by atoms with E-state index < -0.39 is 9.73 Å². The van der Waals surface area contributed by atoms with Gasteiger partial charge in [0.15, 0.2) is 5.82 Å². The molecule has 0 aliphatic carbocycles. The highest BCUT2D eigenvalue weighted by molar-refractivity contribution is 7.92. The third-order valence-corrected chi connectivity index (χ3v) is 4.66. The minimum Gasteiger partial charge on any atom is -0.397 e. The van der Waals surface area contributed by atoms with Crippen molar-refractivity contribution >= 4 is 38.4 Å². The smallest absolute Gasteiger partial charge is 0.165 e. The van der Waals surface area contributed by atoms with Gasteiger partial charge in [-0.2, -0.15) is 4.36 Å². The van der Waals surface area contributed by atoms with Crippen molar-refractivity contribution in [3.63, 3.8) is 0 Å². The molecule has 1 aliphatic heterocycles. The van der Waals surface area contributed by atoms with E-state index in [1.807, 2.05) is 36.4 Å². The van der Waals surface area contributed by atoms with Crippen LogP contribution in [0.1, 0.15) is 6.92 Å². The summed E-state index contributed by atoms with van der Waals surface area (Å²) in [7, 11) is -2.32. The van der Waals surface area contributed by atoms with Crippen LogP contribution < -0.4 is 16.0 Å². The zero-order valence-electron chi connectivity index (χ0n) is 15.3. The topological polar surface area (TPSA) is 92.8 Å². The Balaban J connectivity index is 2.03. The Labute approximate surface area is 154 Å². The minimum absolute atomic E-state index is 0.237. The summed E-state index contributed by atoms with van der Waals surface area (Å²) < 4.78 is 22.0. The lowest BCUT2D eigenvalue weighted by atomic mass is 10.2. The molecule has 7 nitrogen and oxygen atoms in total. The fraction of sp³-hybridized carbons (Fsp3) is 0.389. The maximum atomic E-state index is 12.2. The van der Waals surface area contributed by atoms with E-state index >= 15 is 0 Å². The van der Waals surface area contributed by atoms with Crippen LogP contribution in [0.15, 0.2) is 40.8 Å². The highest BCUT2D eigenvalue weighted by atomic mass is 32.2. The molecule has 26 heavy (non-hydrogen) atoms. The van der Waals surface area contributed by atoms with Crippen LogP contribution in [0.2, 0.25) is 0 Å². The number of anilines is 4. The van der Waals surface area contributed by atoms with Gasteiger partial charge in [-0.25, -0.2) is 9.19 Å². The largest absolute Gasteiger partial charge is 0.397 e. The Bertz CT molecular complexity index is 900. The van der Waals surface area contributed by atoms with Crippen LogP contribution in [-0.2, 0) is 14.5 Å². The summed E-state index contributed by atoms with van der Waals surface area (Å²) in [5, 5.41) is 3.25. The fourth-order valence-electron chi connectivity index (χ4n) is 2.86. The number of para-hydroxylation sites is 2. The number of nitrogens with one attached hydrogen (secondary N) is 1. The van der Waals surface area contributed by atoms with E-state index in [9.17, 15) is 4.21 Å². The van der Waals surface area contributed by atoms with Crippen LogP contribution in [-0.4, -0.2) is 47.5 Å². The van der Waals surface area contributed by atoms with Crippen molar-refractivity contribution in [1.29, 1.82) is 0 Å². The predicted octanol–water partition coefficient (Wildman–Crippen LogP) is 2.99. The van der Waals surface area contributed by atoms with Crippen LogP contribution in [0.4, 0.5) is 28.7 Å². The number of nitrogens with zero attached hydrogens (tertiary/aromatic N) is 3. The van der Waals surface area contributed by atoms with E-state index in [4.69, 9.17) is 10.5 Å². The van der Waals surface area contributed by atoms with E-state index in [0.29, 0.717) is 30.5 Å². The Kier molecular flexibility index (Phi) is 5.33. The van der Waals surface area contributed by atoms with E-state index in [2.05, 4.69) is 26.5 Å². The Morgan fingerprint density at radius 3 is 2.81 bits per heavy atom. The second kappa shape index (κ2) is 7.51. The van der Waals surface area contributed by atoms with Crippen LogP contribution in [0, 0.1) is 0 Å². The number of nitrogens with two attached hydrogens (primary N) is 1. The number of nitrogen functional groups attached to an aromatic ring is 1. The highest BCUT2D eigenvalue weighted by Crippen LogP contribution is 2.30. The van der Waals surface area contributed by atoms with Gasteiger partial charge >= 0.3 is 0 Å². The molecule has 0 bridgehead atoms. The van der Waals surface area contributed by atoms with Gasteiger partial charge in [-0.05, 0) is 19.1 Å². The predicted molar refractivity (Wildman–Crippen MR) is 108 cm³/mol. The van der Waals surface area contributed by atoms with Gasteiger partial charge in [-0.3, -0.25) is 0 Å². The van der Waals surface area contributed by atoms with E-state index in [0.717, 1.165) is 17.9 Å². The summed E-state index contributed by atoms with van der Waals surface area (Å²) >= 11 is 0. The van der Waals surface area contributed by atoms with E-state index in [1.54, 1.807) is 12.5 Å². The fourth-order valence-corrected chi connectivity index (χ4v) is 3.41. The molecular weight excluding hydrogens is 350 g/mol. The molecule has 1 atom stereocenters. The first-order chi connectivity index (χ1) is 12.3. The number of ether oxygens (including phenoxy) is 1. The average Bonchev–Trinajstić information content (AvgIpc) is 2.55. The van der Waals surface area contributed by atoms with Crippen molar-refractivity contribution in [3.05, 3.63) is 36.4 Å². The van der Waals surface area contributed by atoms with Gasteiger partial charge in [0.25, 0.3) is 0 Å². The highest BCUT2D eigenvalue weighted by Gasteiger charge is 2.20. The number of hydrogen-bond acceptors (Lipinski definition) is 7. The maximum Gasteiger partial charge on any atom is 0.165 e. The normalized spacial score (nSPS) is 17.8. The molecule has 3 N–H and O–H groups in total. The minimum atomic E-state index is -2.32. The molecule has 0 radical (unpaired) electrons. The first kappa shape index (κ1) is 18.5. The monoisotopic (exact) mass is 375 g/mol. The Morgan fingerprint density at radius 2 is 2.12 bits per heavy atom. The number of rotatable bonds is 4. The zero-order valence-corrected chi connectivity index (χ0v) is 16.1. The standard InChI is InChI=1S/C18H25N5O2S/c1-13-12-25-9-8-23(13)14-10-17(20-16-7-5-4-6-15(16)19)21-18(11-14)22-26(2,3)24/h4-7,10-11,13H,8-9,12,19H2,1-3H3,(H,20,21)/t13-/m1/s1. The van der Waals surface area contributed by atoms with E-state index in [-0.39, 0.29) is 6.04 Å². The van der Waals surface area contributed by atoms with Gasteiger partial charge in [0.05, 0.1) is 24.6 Å². The molecule has 1 saturated heterocycles. The zero-order chi connectivity index (χ0) is 18.7. The van der Waals surface area contributed by atoms with Crippen LogP contribution in [0.25, 0.3) is 0 Å². The Hall–Kier alpha value is -2.32. The maximum absolute atomic E-state index is 12.2. The molecule has 0 amide bonds. The molecule has 2 aromatic rings. The van der Waals surface area contributed by atoms with Crippen molar-refractivity contribution in [2.24, 2.45) is 4.36 Å². The summed E-state index contributed by atoms with van der Waals surface area (Å²) in [6.07, 6.45) is 3.20. The Morgan fingerprint density at radius 1 is 1.35 bits per heavy atom. The second-order valence-corrected chi connectivity index (χ2v) is 9.22. The molecule has 0 unspecified atom stereocenters. The number of benzene rings is 1. The SMILES string of the molecule is C[C@@H]1COCCN1c1cc(N=S(C)(C)=O)nc(Nc2ccccc2N)c1. The lowest BCUT2D eigenvalue weighted by Gasteiger charge is -2.35. The molecule has 8 heteroatoms. The molecule has 1 aromatic carbocycles. The third kappa shape index (κ3) is 4.64.